The molecule has 84 valence electrons. The topological polar surface area (TPSA) is 90.1 Å². The van der Waals surface area contributed by atoms with Gasteiger partial charge in [0.25, 0.3) is 0 Å². The van der Waals surface area contributed by atoms with Gasteiger partial charge in [-0.2, -0.15) is 0 Å². The number of aliphatic hydroxyl groups is 1. The van der Waals surface area contributed by atoms with E-state index in [1.165, 1.54) is 16.8 Å². The fourth-order valence-corrected chi connectivity index (χ4v) is 1.45. The van der Waals surface area contributed by atoms with Gasteiger partial charge in [0, 0.05) is 0 Å². The van der Waals surface area contributed by atoms with Crippen LogP contribution in [0.15, 0.2) is 24.3 Å². The van der Waals surface area contributed by atoms with E-state index in [0.717, 1.165) is 0 Å². The number of rotatable bonds is 2. The lowest BCUT2D eigenvalue weighted by Gasteiger charge is -2.03. The van der Waals surface area contributed by atoms with Gasteiger partial charge in [-0.1, -0.05) is 6.07 Å². The summed E-state index contributed by atoms with van der Waals surface area (Å²) in [5.74, 6) is -0.0358. The summed E-state index contributed by atoms with van der Waals surface area (Å²) in [6.07, 6.45) is 0. The van der Waals surface area contributed by atoms with Crippen molar-refractivity contribution in [2.24, 2.45) is 0 Å². The van der Waals surface area contributed by atoms with Gasteiger partial charge in [-0.3, -0.25) is 0 Å². The smallest absolute Gasteiger partial charge is 0.153 e. The van der Waals surface area contributed by atoms with Crippen LogP contribution in [-0.4, -0.2) is 14.9 Å². The van der Waals surface area contributed by atoms with Crippen molar-refractivity contribution in [3.63, 3.8) is 0 Å². The molecule has 2 aromatic rings. The monoisotopic (exact) mass is 222 g/mol. The highest BCUT2D eigenvalue weighted by Gasteiger charge is 2.13. The number of hydrogen-bond donors (Lipinski definition) is 3. The summed E-state index contributed by atoms with van der Waals surface area (Å²) in [7, 11) is 0. The van der Waals surface area contributed by atoms with E-state index in [-0.39, 0.29) is 18.2 Å². The Kier molecular flexibility index (Phi) is 2.49. The van der Waals surface area contributed by atoms with Crippen LogP contribution < -0.4 is 11.5 Å². The molecule has 5 N–H and O–H groups in total. The van der Waals surface area contributed by atoms with E-state index in [1.54, 1.807) is 12.1 Å². The predicted molar refractivity (Wildman–Crippen MR) is 58.3 cm³/mol. The van der Waals surface area contributed by atoms with Crippen molar-refractivity contribution in [2.75, 3.05) is 11.5 Å². The summed E-state index contributed by atoms with van der Waals surface area (Å²) in [5, 5.41) is 13.0. The minimum absolute atomic E-state index is 0.143. The predicted octanol–water partition coefficient (Wildman–Crippen LogP) is 0.668. The Morgan fingerprint density at radius 1 is 1.38 bits per heavy atom. The fourth-order valence-electron chi connectivity index (χ4n) is 1.45. The van der Waals surface area contributed by atoms with Gasteiger partial charge in [0.15, 0.2) is 5.82 Å². The maximum atomic E-state index is 13.0. The Morgan fingerprint density at radius 2 is 2.12 bits per heavy atom. The van der Waals surface area contributed by atoms with Gasteiger partial charge < -0.3 is 16.6 Å². The molecule has 0 bridgehead atoms. The van der Waals surface area contributed by atoms with Gasteiger partial charge in [-0.25, -0.2) is 9.07 Å². The molecular formula is C10H11FN4O. The fraction of sp³-hybridized carbons (Fsp3) is 0.100. The molecule has 2 rings (SSSR count). The van der Waals surface area contributed by atoms with E-state index in [1.807, 2.05) is 0 Å². The van der Waals surface area contributed by atoms with Crippen LogP contribution in [0.3, 0.4) is 0 Å². The first-order chi connectivity index (χ1) is 7.63. The SMILES string of the molecule is Nc1nn(-c2cccc(F)c2)c(N)c1CO. The molecule has 6 heteroatoms. The molecule has 0 saturated carbocycles. The Hall–Kier alpha value is -2.08. The van der Waals surface area contributed by atoms with Crippen LogP contribution in [0.5, 0.6) is 0 Å². The number of benzene rings is 1. The molecule has 5 nitrogen and oxygen atoms in total. The Bertz CT molecular complexity index is 524. The molecule has 0 spiro atoms. The third-order valence-corrected chi connectivity index (χ3v) is 2.27. The summed E-state index contributed by atoms with van der Waals surface area (Å²) in [4.78, 5) is 0. The average molecular weight is 222 g/mol. The molecule has 0 aliphatic heterocycles. The second-order valence-electron chi connectivity index (χ2n) is 3.30. The Morgan fingerprint density at radius 3 is 2.69 bits per heavy atom. The van der Waals surface area contributed by atoms with Crippen LogP contribution in [0.25, 0.3) is 5.69 Å². The molecule has 0 fully saturated rings. The number of anilines is 2. The first-order valence-electron chi connectivity index (χ1n) is 4.63. The highest BCUT2D eigenvalue weighted by molar-refractivity contribution is 5.57. The number of hydrogen-bond acceptors (Lipinski definition) is 4. The van der Waals surface area contributed by atoms with Crippen LogP contribution in [0, 0.1) is 5.82 Å². The van der Waals surface area contributed by atoms with Gasteiger partial charge in [-0.15, -0.1) is 5.10 Å². The normalized spacial score (nSPS) is 10.6. The molecule has 0 atom stereocenters. The lowest BCUT2D eigenvalue weighted by atomic mass is 10.3. The quantitative estimate of drug-likeness (QED) is 0.696. The lowest BCUT2D eigenvalue weighted by molar-refractivity contribution is 0.283. The summed E-state index contributed by atoms with van der Waals surface area (Å²) < 4.78 is 14.3. The van der Waals surface area contributed by atoms with Crippen molar-refractivity contribution in [1.82, 2.24) is 9.78 Å². The third kappa shape index (κ3) is 1.59. The molecule has 0 aliphatic carbocycles. The number of nitrogens with two attached hydrogens (primary N) is 2. The largest absolute Gasteiger partial charge is 0.391 e. The van der Waals surface area contributed by atoms with Crippen molar-refractivity contribution in [3.8, 4) is 5.69 Å². The number of aromatic nitrogens is 2. The zero-order valence-electron chi connectivity index (χ0n) is 8.39. The molecule has 16 heavy (non-hydrogen) atoms. The van der Waals surface area contributed by atoms with Crippen LogP contribution in [0.4, 0.5) is 16.0 Å². The zero-order valence-corrected chi connectivity index (χ0v) is 8.39. The number of nitrogen functional groups attached to an aromatic ring is 2. The molecule has 0 amide bonds. The van der Waals surface area contributed by atoms with E-state index in [4.69, 9.17) is 16.6 Å². The molecule has 0 radical (unpaired) electrons. The highest BCUT2D eigenvalue weighted by Crippen LogP contribution is 2.22. The summed E-state index contributed by atoms with van der Waals surface area (Å²) in [6, 6.07) is 5.79. The third-order valence-electron chi connectivity index (χ3n) is 2.27. The minimum atomic E-state index is -0.392. The van der Waals surface area contributed by atoms with Crippen LogP contribution in [-0.2, 0) is 6.61 Å². The van der Waals surface area contributed by atoms with Crippen LogP contribution in [0.2, 0.25) is 0 Å². The van der Waals surface area contributed by atoms with Crippen molar-refractivity contribution >= 4 is 11.6 Å². The average Bonchev–Trinajstić information content (AvgIpc) is 2.54. The van der Waals surface area contributed by atoms with E-state index in [9.17, 15) is 4.39 Å². The maximum absolute atomic E-state index is 13.0. The molecule has 1 heterocycles. The molecule has 1 aromatic heterocycles. The molecule has 0 unspecified atom stereocenters. The molecule has 0 saturated heterocycles. The Balaban J connectivity index is 2.56. The summed E-state index contributed by atoms with van der Waals surface area (Å²) in [5.41, 5.74) is 12.1. The van der Waals surface area contributed by atoms with E-state index < -0.39 is 5.82 Å². The highest BCUT2D eigenvalue weighted by atomic mass is 19.1. The molecular weight excluding hydrogens is 211 g/mol. The van der Waals surface area contributed by atoms with Crippen molar-refractivity contribution < 1.29 is 9.50 Å². The molecule has 0 aliphatic rings. The van der Waals surface area contributed by atoms with Crippen LogP contribution >= 0.6 is 0 Å². The summed E-state index contributed by atoms with van der Waals surface area (Å²) >= 11 is 0. The van der Waals surface area contributed by atoms with Gasteiger partial charge in [0.1, 0.15) is 11.6 Å². The van der Waals surface area contributed by atoms with Crippen molar-refractivity contribution in [1.29, 1.82) is 0 Å². The summed E-state index contributed by atoms with van der Waals surface area (Å²) in [6.45, 7) is -0.299. The van der Waals surface area contributed by atoms with E-state index in [0.29, 0.717) is 11.3 Å². The maximum Gasteiger partial charge on any atom is 0.153 e. The van der Waals surface area contributed by atoms with Gasteiger partial charge in [-0.05, 0) is 18.2 Å². The van der Waals surface area contributed by atoms with E-state index in [2.05, 4.69) is 5.10 Å². The second-order valence-corrected chi connectivity index (χ2v) is 3.30. The standard InChI is InChI=1S/C10H11FN4O/c11-6-2-1-3-7(4-6)15-10(13)8(5-16)9(12)14-15/h1-4,16H,5,13H2,(H2,12,14). The number of nitrogens with zero attached hydrogens (tertiary/aromatic N) is 2. The van der Waals surface area contributed by atoms with Crippen molar-refractivity contribution in [2.45, 2.75) is 6.61 Å². The molecule has 1 aromatic carbocycles. The van der Waals surface area contributed by atoms with Gasteiger partial charge >= 0.3 is 0 Å². The first-order valence-corrected chi connectivity index (χ1v) is 4.63. The van der Waals surface area contributed by atoms with Crippen molar-refractivity contribution in [3.05, 3.63) is 35.6 Å². The van der Waals surface area contributed by atoms with Crippen LogP contribution in [0.1, 0.15) is 5.56 Å². The lowest BCUT2D eigenvalue weighted by Crippen LogP contribution is -2.03. The first kappa shape index (κ1) is 10.4. The van der Waals surface area contributed by atoms with E-state index >= 15 is 0 Å². The Labute approximate surface area is 91.1 Å². The number of halogens is 1. The minimum Gasteiger partial charge on any atom is -0.391 e. The van der Waals surface area contributed by atoms with Gasteiger partial charge in [0.2, 0.25) is 0 Å². The second kappa shape index (κ2) is 3.82. The van der Waals surface area contributed by atoms with Gasteiger partial charge in [0.05, 0.1) is 17.9 Å². The number of aliphatic hydroxyl groups excluding tert-OH is 1. The zero-order chi connectivity index (χ0) is 11.7.